The molecule has 1 unspecified atom stereocenters. The van der Waals surface area contributed by atoms with Crippen molar-refractivity contribution in [1.29, 1.82) is 0 Å². The molecule has 2 N–H and O–H groups in total. The van der Waals surface area contributed by atoms with Gasteiger partial charge >= 0.3 is 6.03 Å². The van der Waals surface area contributed by atoms with Crippen LogP contribution in [0.4, 0.5) is 4.79 Å². The van der Waals surface area contributed by atoms with Gasteiger partial charge in [0.2, 0.25) is 5.91 Å². The maximum atomic E-state index is 12.8. The van der Waals surface area contributed by atoms with Crippen LogP contribution in [0.2, 0.25) is 0 Å². The summed E-state index contributed by atoms with van der Waals surface area (Å²) in [6, 6.07) is 9.37. The zero-order valence-corrected chi connectivity index (χ0v) is 18.8. The summed E-state index contributed by atoms with van der Waals surface area (Å²) in [4.78, 5) is 39.1. The molecule has 2 aromatic rings. The Balaban J connectivity index is 1.40. The Morgan fingerprint density at radius 2 is 1.76 bits per heavy atom. The van der Waals surface area contributed by atoms with Gasteiger partial charge < -0.3 is 24.8 Å². The van der Waals surface area contributed by atoms with Crippen molar-refractivity contribution in [2.24, 2.45) is 0 Å². The molecule has 2 aromatic carbocycles. The van der Waals surface area contributed by atoms with Crippen LogP contribution in [-0.4, -0.2) is 50.1 Å². The fraction of sp³-hybridized carbons (Fsp3) is 0.375. The largest absolute Gasteiger partial charge is 0.496 e. The Kier molecular flexibility index (Phi) is 6.39. The SMILES string of the molecule is COc1ccccc1CN1C(=O)N[C@@H](CC(=O)NC2CCc3cc(OC)c(OC)cc32)C1=O. The number of hydrogen-bond donors (Lipinski definition) is 2. The monoisotopic (exact) mass is 453 g/mol. The molecule has 0 spiro atoms. The summed E-state index contributed by atoms with van der Waals surface area (Å²) in [7, 11) is 4.69. The maximum Gasteiger partial charge on any atom is 0.325 e. The van der Waals surface area contributed by atoms with E-state index >= 15 is 0 Å². The molecule has 1 fully saturated rings. The molecule has 4 amide bonds. The first-order chi connectivity index (χ1) is 15.9. The molecule has 9 heteroatoms. The lowest BCUT2D eigenvalue weighted by atomic mass is 10.1. The lowest BCUT2D eigenvalue weighted by Gasteiger charge is -2.17. The molecular formula is C24H27N3O6. The molecule has 0 radical (unpaired) electrons. The van der Waals surface area contributed by atoms with Gasteiger partial charge in [-0.15, -0.1) is 0 Å². The number of rotatable bonds is 8. The third-order valence-corrected chi connectivity index (χ3v) is 6.08. The number of para-hydroxylation sites is 1. The van der Waals surface area contributed by atoms with Crippen molar-refractivity contribution in [3.63, 3.8) is 0 Å². The van der Waals surface area contributed by atoms with Gasteiger partial charge in [0.25, 0.3) is 5.91 Å². The van der Waals surface area contributed by atoms with E-state index in [-0.39, 0.29) is 24.9 Å². The number of fused-ring (bicyclic) bond motifs is 1. The molecule has 0 saturated carbocycles. The zero-order valence-electron chi connectivity index (χ0n) is 18.8. The van der Waals surface area contributed by atoms with Gasteiger partial charge in [0.05, 0.1) is 40.3 Å². The van der Waals surface area contributed by atoms with Crippen LogP contribution < -0.4 is 24.8 Å². The number of methoxy groups -OCH3 is 3. The van der Waals surface area contributed by atoms with E-state index in [1.165, 1.54) is 7.11 Å². The van der Waals surface area contributed by atoms with Gasteiger partial charge in [-0.25, -0.2) is 4.79 Å². The van der Waals surface area contributed by atoms with Crippen molar-refractivity contribution in [2.75, 3.05) is 21.3 Å². The first kappa shape index (κ1) is 22.4. The van der Waals surface area contributed by atoms with Crippen LogP contribution in [0.15, 0.2) is 36.4 Å². The Labute approximate surface area is 192 Å². The smallest absolute Gasteiger partial charge is 0.325 e. The predicted molar refractivity (Wildman–Crippen MR) is 119 cm³/mol. The molecule has 1 heterocycles. The van der Waals surface area contributed by atoms with E-state index in [2.05, 4.69) is 10.6 Å². The van der Waals surface area contributed by atoms with Crippen LogP contribution >= 0.6 is 0 Å². The number of benzene rings is 2. The molecule has 33 heavy (non-hydrogen) atoms. The lowest BCUT2D eigenvalue weighted by Crippen LogP contribution is -2.37. The summed E-state index contributed by atoms with van der Waals surface area (Å²) in [6.07, 6.45) is 1.40. The predicted octanol–water partition coefficient (Wildman–Crippen LogP) is 2.33. The molecule has 1 aliphatic heterocycles. The Bertz CT molecular complexity index is 1090. The standard InChI is InChI=1S/C24H27N3O6/c1-31-19-7-5-4-6-15(19)13-27-23(29)18(26-24(27)30)12-22(28)25-17-9-8-14-10-20(32-2)21(33-3)11-16(14)17/h4-7,10-11,17-18H,8-9,12-13H2,1-3H3,(H,25,28)(H,26,30)/t17?,18-/m0/s1. The molecule has 174 valence electrons. The van der Waals surface area contributed by atoms with E-state index in [0.717, 1.165) is 28.9 Å². The van der Waals surface area contributed by atoms with Gasteiger partial charge in [-0.1, -0.05) is 18.2 Å². The van der Waals surface area contributed by atoms with Crippen molar-refractivity contribution >= 4 is 17.8 Å². The summed E-state index contributed by atoms with van der Waals surface area (Å²) < 4.78 is 16.0. The molecular weight excluding hydrogens is 426 g/mol. The van der Waals surface area contributed by atoms with E-state index in [1.807, 2.05) is 24.3 Å². The van der Waals surface area contributed by atoms with Crippen LogP contribution in [-0.2, 0) is 22.6 Å². The molecule has 2 aliphatic rings. The van der Waals surface area contributed by atoms with Crippen LogP contribution in [0.5, 0.6) is 17.2 Å². The number of aryl methyl sites for hydroxylation is 1. The third-order valence-electron chi connectivity index (χ3n) is 6.08. The number of carbonyl (C=O) groups excluding carboxylic acids is 3. The summed E-state index contributed by atoms with van der Waals surface area (Å²) in [5, 5.41) is 5.61. The fourth-order valence-corrected chi connectivity index (χ4v) is 4.39. The lowest BCUT2D eigenvalue weighted by molar-refractivity contribution is -0.131. The number of urea groups is 1. The second kappa shape index (κ2) is 9.40. The summed E-state index contributed by atoms with van der Waals surface area (Å²) >= 11 is 0. The number of imide groups is 1. The number of amides is 4. The van der Waals surface area contributed by atoms with Gasteiger partial charge in [0, 0.05) is 5.56 Å². The van der Waals surface area contributed by atoms with E-state index in [9.17, 15) is 14.4 Å². The highest BCUT2D eigenvalue weighted by atomic mass is 16.5. The van der Waals surface area contributed by atoms with Crippen LogP contribution in [0.1, 0.15) is 35.6 Å². The quantitative estimate of drug-likeness (QED) is 0.595. The normalized spacial score (nSPS) is 19.2. The number of carbonyl (C=O) groups is 3. The van der Waals surface area contributed by atoms with Crippen molar-refractivity contribution < 1.29 is 28.6 Å². The summed E-state index contributed by atoms with van der Waals surface area (Å²) in [5.41, 5.74) is 2.77. The first-order valence-corrected chi connectivity index (χ1v) is 10.7. The molecule has 2 atom stereocenters. The van der Waals surface area contributed by atoms with E-state index in [1.54, 1.807) is 26.4 Å². The van der Waals surface area contributed by atoms with E-state index in [4.69, 9.17) is 14.2 Å². The van der Waals surface area contributed by atoms with E-state index in [0.29, 0.717) is 22.8 Å². The molecule has 9 nitrogen and oxygen atoms in total. The van der Waals surface area contributed by atoms with Crippen molar-refractivity contribution in [3.8, 4) is 17.2 Å². The van der Waals surface area contributed by atoms with Crippen LogP contribution in [0.3, 0.4) is 0 Å². The molecule has 0 bridgehead atoms. The van der Waals surface area contributed by atoms with Gasteiger partial charge in [0.1, 0.15) is 11.8 Å². The fourth-order valence-electron chi connectivity index (χ4n) is 4.39. The second-order valence-corrected chi connectivity index (χ2v) is 8.01. The number of nitrogens with one attached hydrogen (secondary N) is 2. The highest BCUT2D eigenvalue weighted by molar-refractivity contribution is 6.05. The minimum atomic E-state index is -0.904. The van der Waals surface area contributed by atoms with Crippen molar-refractivity contribution in [1.82, 2.24) is 15.5 Å². The average molecular weight is 453 g/mol. The first-order valence-electron chi connectivity index (χ1n) is 10.7. The van der Waals surface area contributed by atoms with Crippen LogP contribution in [0.25, 0.3) is 0 Å². The average Bonchev–Trinajstić information content (AvgIpc) is 3.33. The number of hydrogen-bond acceptors (Lipinski definition) is 6. The molecule has 4 rings (SSSR count). The van der Waals surface area contributed by atoms with E-state index < -0.39 is 18.0 Å². The zero-order chi connectivity index (χ0) is 23.5. The van der Waals surface area contributed by atoms with Crippen LogP contribution in [0, 0.1) is 0 Å². The number of nitrogens with zero attached hydrogens (tertiary/aromatic N) is 1. The highest BCUT2D eigenvalue weighted by Gasteiger charge is 2.39. The Morgan fingerprint density at radius 3 is 2.48 bits per heavy atom. The summed E-state index contributed by atoms with van der Waals surface area (Å²) in [5.74, 6) is 1.10. The maximum absolute atomic E-state index is 12.8. The minimum Gasteiger partial charge on any atom is -0.496 e. The minimum absolute atomic E-state index is 0.0738. The number of ether oxygens (including phenoxy) is 3. The summed E-state index contributed by atoms with van der Waals surface area (Å²) in [6.45, 7) is 0.0738. The molecule has 1 aliphatic carbocycles. The van der Waals surface area contributed by atoms with Gasteiger partial charge in [0.15, 0.2) is 11.5 Å². The third kappa shape index (κ3) is 4.44. The van der Waals surface area contributed by atoms with Gasteiger partial charge in [-0.3, -0.25) is 14.5 Å². The molecule has 1 saturated heterocycles. The second-order valence-electron chi connectivity index (χ2n) is 8.01. The Morgan fingerprint density at radius 1 is 1.06 bits per heavy atom. The Hall–Kier alpha value is -3.75. The highest BCUT2D eigenvalue weighted by Crippen LogP contribution is 2.39. The topological polar surface area (TPSA) is 106 Å². The molecule has 0 aromatic heterocycles. The van der Waals surface area contributed by atoms with Crippen molar-refractivity contribution in [3.05, 3.63) is 53.1 Å². The van der Waals surface area contributed by atoms with Gasteiger partial charge in [-0.2, -0.15) is 0 Å². The van der Waals surface area contributed by atoms with Crippen molar-refractivity contribution in [2.45, 2.75) is 37.9 Å². The van der Waals surface area contributed by atoms with Gasteiger partial charge in [-0.05, 0) is 42.2 Å².